The zero-order chi connectivity index (χ0) is 25.4. The maximum atomic E-state index is 13.9. The number of aromatic nitrogens is 4. The first-order valence-electron chi connectivity index (χ1n) is 12.1. The average Bonchev–Trinajstić information content (AvgIpc) is 3.45. The average molecular weight is 487 g/mol. The zero-order valence-electron chi connectivity index (χ0n) is 21.0. The largest absolute Gasteiger partial charge is 0.496 e. The Bertz CT molecular complexity index is 1450. The minimum absolute atomic E-state index is 0.0966. The minimum Gasteiger partial charge on any atom is -0.496 e. The number of ether oxygens (including phenoxy) is 1. The molecule has 0 saturated carbocycles. The van der Waals surface area contributed by atoms with Crippen LogP contribution >= 0.6 is 0 Å². The summed E-state index contributed by atoms with van der Waals surface area (Å²) in [5.74, 6) is 1.94. The highest BCUT2D eigenvalue weighted by Gasteiger charge is 2.32. The summed E-state index contributed by atoms with van der Waals surface area (Å²) in [6.45, 7) is 2.11. The predicted molar refractivity (Wildman–Crippen MR) is 138 cm³/mol. The van der Waals surface area contributed by atoms with E-state index < -0.39 is 0 Å². The van der Waals surface area contributed by atoms with Crippen molar-refractivity contribution in [1.82, 2.24) is 24.0 Å². The van der Waals surface area contributed by atoms with Crippen LogP contribution in [0.2, 0.25) is 0 Å². The van der Waals surface area contributed by atoms with Crippen LogP contribution in [0.4, 0.5) is 5.69 Å². The quantitative estimate of drug-likeness (QED) is 0.454. The van der Waals surface area contributed by atoms with Gasteiger partial charge >= 0.3 is 0 Å². The van der Waals surface area contributed by atoms with Crippen molar-refractivity contribution in [2.75, 3.05) is 19.0 Å². The molecule has 1 saturated heterocycles. The van der Waals surface area contributed by atoms with Gasteiger partial charge in [-0.15, -0.1) is 0 Å². The van der Waals surface area contributed by atoms with Crippen molar-refractivity contribution in [3.63, 3.8) is 0 Å². The van der Waals surface area contributed by atoms with E-state index in [4.69, 9.17) is 9.72 Å². The van der Waals surface area contributed by atoms with Gasteiger partial charge in [-0.25, -0.2) is 9.97 Å². The van der Waals surface area contributed by atoms with E-state index in [1.807, 2.05) is 64.7 Å². The lowest BCUT2D eigenvalue weighted by Gasteiger charge is -2.35. The van der Waals surface area contributed by atoms with E-state index in [0.717, 1.165) is 36.2 Å². The fraction of sp³-hybridized carbons (Fsp3) is 0.333. The normalized spacial score (nSPS) is 15.8. The van der Waals surface area contributed by atoms with Crippen LogP contribution in [0, 0.1) is 0 Å². The molecule has 3 heterocycles. The van der Waals surface area contributed by atoms with Crippen LogP contribution in [-0.2, 0) is 18.9 Å². The van der Waals surface area contributed by atoms with Crippen LogP contribution < -0.4 is 10.1 Å². The molecule has 186 valence electrons. The molecule has 0 radical (unpaired) electrons. The summed E-state index contributed by atoms with van der Waals surface area (Å²) in [7, 11) is 5.47. The monoisotopic (exact) mass is 486 g/mol. The van der Waals surface area contributed by atoms with Gasteiger partial charge in [0.1, 0.15) is 17.4 Å². The number of aryl methyl sites for hydroxylation is 2. The molecule has 0 spiro atoms. The molecule has 2 amide bonds. The maximum absolute atomic E-state index is 13.9. The lowest BCUT2D eigenvalue weighted by Crippen LogP contribution is -2.39. The van der Waals surface area contributed by atoms with Gasteiger partial charge in [-0.05, 0) is 43.5 Å². The molecule has 1 aliphatic rings. The third-order valence-electron chi connectivity index (χ3n) is 6.79. The van der Waals surface area contributed by atoms with Crippen LogP contribution in [0.15, 0.2) is 48.8 Å². The molecule has 1 N–H and O–H groups in total. The van der Waals surface area contributed by atoms with Crippen LogP contribution in [0.1, 0.15) is 48.4 Å². The number of benzene rings is 2. The van der Waals surface area contributed by atoms with Crippen molar-refractivity contribution >= 4 is 28.5 Å². The minimum atomic E-state index is -0.218. The van der Waals surface area contributed by atoms with Gasteiger partial charge in [-0.1, -0.05) is 12.1 Å². The van der Waals surface area contributed by atoms with E-state index in [1.165, 1.54) is 6.92 Å². The van der Waals surface area contributed by atoms with E-state index in [1.54, 1.807) is 19.4 Å². The Morgan fingerprint density at radius 2 is 1.94 bits per heavy atom. The number of nitrogens with zero attached hydrogens (tertiary/aromatic N) is 5. The highest BCUT2D eigenvalue weighted by molar-refractivity contribution is 6.06. The Labute approximate surface area is 209 Å². The van der Waals surface area contributed by atoms with Crippen molar-refractivity contribution in [1.29, 1.82) is 0 Å². The molecule has 1 unspecified atom stereocenters. The first-order chi connectivity index (χ1) is 17.4. The molecule has 0 aliphatic carbocycles. The number of piperidine rings is 1. The van der Waals surface area contributed by atoms with Crippen molar-refractivity contribution in [2.24, 2.45) is 14.1 Å². The number of para-hydroxylation sites is 1. The summed E-state index contributed by atoms with van der Waals surface area (Å²) in [5.41, 5.74) is 3.22. The Hall–Kier alpha value is -4.14. The second-order valence-electron chi connectivity index (χ2n) is 9.17. The number of nitrogens with one attached hydrogen (secondary N) is 1. The third kappa shape index (κ3) is 4.10. The van der Waals surface area contributed by atoms with Crippen molar-refractivity contribution in [3.05, 3.63) is 60.2 Å². The van der Waals surface area contributed by atoms with Crippen LogP contribution in [0.5, 0.6) is 5.75 Å². The molecule has 36 heavy (non-hydrogen) atoms. The number of carbonyl (C=O) groups is 2. The van der Waals surface area contributed by atoms with E-state index in [2.05, 4.69) is 10.3 Å². The molecular formula is C27H30N6O3. The lowest BCUT2D eigenvalue weighted by atomic mass is 9.99. The molecule has 9 heteroatoms. The molecule has 2 aromatic carbocycles. The number of methoxy groups -OCH3 is 1. The maximum Gasteiger partial charge on any atom is 0.254 e. The summed E-state index contributed by atoms with van der Waals surface area (Å²) < 4.78 is 9.45. The fourth-order valence-electron chi connectivity index (χ4n) is 5.14. The van der Waals surface area contributed by atoms with Gasteiger partial charge in [0.15, 0.2) is 0 Å². The van der Waals surface area contributed by atoms with Gasteiger partial charge in [0.05, 0.1) is 35.4 Å². The van der Waals surface area contributed by atoms with Crippen molar-refractivity contribution in [2.45, 2.75) is 32.2 Å². The Balaban J connectivity index is 1.63. The molecular weight excluding hydrogens is 456 g/mol. The zero-order valence-corrected chi connectivity index (χ0v) is 21.0. The summed E-state index contributed by atoms with van der Waals surface area (Å²) in [6, 6.07) is 11.1. The number of fused-ring (bicyclic) bond motifs is 1. The Morgan fingerprint density at radius 3 is 2.67 bits per heavy atom. The van der Waals surface area contributed by atoms with Crippen LogP contribution in [-0.4, -0.2) is 49.5 Å². The Morgan fingerprint density at radius 1 is 1.14 bits per heavy atom. The molecule has 5 rings (SSSR count). The number of imidazole rings is 2. The molecule has 0 bridgehead atoms. The second kappa shape index (κ2) is 9.49. The molecule has 1 fully saturated rings. The van der Waals surface area contributed by atoms with E-state index in [0.29, 0.717) is 34.9 Å². The van der Waals surface area contributed by atoms with Gasteiger partial charge in [0, 0.05) is 45.5 Å². The number of rotatable bonds is 5. The lowest BCUT2D eigenvalue weighted by molar-refractivity contribution is -0.114. The summed E-state index contributed by atoms with van der Waals surface area (Å²) in [5, 5.41) is 2.91. The summed E-state index contributed by atoms with van der Waals surface area (Å²) >= 11 is 0. The molecule has 2 aromatic heterocycles. The standard InChI is InChI=1S/C27H30N6O3/c1-17(34)29-20-15-18(27(35)33-13-8-7-10-22(33)26-28-12-14-31(26)2)16-21-24(20)32(3)25(30-21)19-9-5-6-11-23(19)36-4/h5-6,9,11-12,14-16,22H,7-8,10,13H2,1-4H3,(H,29,34). The summed E-state index contributed by atoms with van der Waals surface area (Å²) in [4.78, 5) is 37.3. The second-order valence-corrected chi connectivity index (χ2v) is 9.17. The molecule has 1 aliphatic heterocycles. The first-order valence-corrected chi connectivity index (χ1v) is 12.1. The number of anilines is 1. The number of carbonyl (C=O) groups excluding carboxylic acids is 2. The smallest absolute Gasteiger partial charge is 0.254 e. The van der Waals surface area contributed by atoms with Gasteiger partial charge in [0.25, 0.3) is 5.91 Å². The van der Waals surface area contributed by atoms with Crippen molar-refractivity contribution < 1.29 is 14.3 Å². The topological polar surface area (TPSA) is 94.3 Å². The van der Waals surface area contributed by atoms with E-state index in [-0.39, 0.29) is 17.9 Å². The SMILES string of the molecule is COc1ccccc1-c1nc2cc(C(=O)N3CCCCC3c3nccn3C)cc(NC(C)=O)c2n1C. The van der Waals surface area contributed by atoms with Gasteiger partial charge in [-0.3, -0.25) is 9.59 Å². The first kappa shape index (κ1) is 23.6. The predicted octanol–water partition coefficient (Wildman–Crippen LogP) is 4.31. The van der Waals surface area contributed by atoms with Gasteiger partial charge in [-0.2, -0.15) is 0 Å². The third-order valence-corrected chi connectivity index (χ3v) is 6.79. The number of hydrogen-bond donors (Lipinski definition) is 1. The molecule has 1 atom stereocenters. The highest BCUT2D eigenvalue weighted by Crippen LogP contribution is 2.36. The van der Waals surface area contributed by atoms with E-state index >= 15 is 0 Å². The summed E-state index contributed by atoms with van der Waals surface area (Å²) in [6.07, 6.45) is 6.51. The van der Waals surface area contributed by atoms with E-state index in [9.17, 15) is 9.59 Å². The number of hydrogen-bond acceptors (Lipinski definition) is 5. The number of likely N-dealkylation sites (tertiary alicyclic amines) is 1. The molecule has 9 nitrogen and oxygen atoms in total. The van der Waals surface area contributed by atoms with Crippen LogP contribution in [0.3, 0.4) is 0 Å². The molecule has 4 aromatic rings. The highest BCUT2D eigenvalue weighted by atomic mass is 16.5. The number of amides is 2. The Kier molecular flexibility index (Phi) is 6.22. The van der Waals surface area contributed by atoms with Crippen LogP contribution in [0.25, 0.3) is 22.4 Å². The van der Waals surface area contributed by atoms with Gasteiger partial charge in [0.2, 0.25) is 5.91 Å². The van der Waals surface area contributed by atoms with Crippen molar-refractivity contribution in [3.8, 4) is 17.1 Å². The fourth-order valence-corrected chi connectivity index (χ4v) is 5.14. The van der Waals surface area contributed by atoms with Gasteiger partial charge < -0.3 is 24.1 Å².